The number of hydrogen-bond acceptors (Lipinski definition) is 7. The zero-order valence-electron chi connectivity index (χ0n) is 17.3. The highest BCUT2D eigenvalue weighted by Crippen LogP contribution is 2.21. The Kier molecular flexibility index (Phi) is 6.54. The molecule has 8 nitrogen and oxygen atoms in total. The number of halogens is 1. The number of para-hydroxylation sites is 1. The number of ether oxygens (including phenoxy) is 1. The standard InChI is InChI=1S/C23H22FN5O3/c24-18-7-1-2-8-19(18)27-22-17(6-5-11-26-22)23(31)32-16-21(30)29-14-12-28(13-15-29)20-9-3-4-10-25-20/h1-11H,12-16H2,(H,26,27). The molecule has 0 atom stereocenters. The van der Waals surface area contributed by atoms with E-state index in [9.17, 15) is 14.0 Å². The van der Waals surface area contributed by atoms with Crippen LogP contribution in [0.5, 0.6) is 0 Å². The van der Waals surface area contributed by atoms with Crippen molar-refractivity contribution in [1.82, 2.24) is 14.9 Å². The van der Waals surface area contributed by atoms with Crippen LogP contribution < -0.4 is 10.2 Å². The van der Waals surface area contributed by atoms with Gasteiger partial charge in [-0.1, -0.05) is 18.2 Å². The minimum absolute atomic E-state index is 0.114. The number of hydrogen-bond donors (Lipinski definition) is 1. The van der Waals surface area contributed by atoms with Crippen LogP contribution in [0.15, 0.2) is 67.0 Å². The Bertz CT molecular complexity index is 1090. The summed E-state index contributed by atoms with van der Waals surface area (Å²) in [7, 11) is 0. The quantitative estimate of drug-likeness (QED) is 0.596. The third-order valence-electron chi connectivity index (χ3n) is 5.09. The molecule has 1 aromatic carbocycles. The summed E-state index contributed by atoms with van der Waals surface area (Å²) in [6.07, 6.45) is 3.21. The van der Waals surface area contributed by atoms with Gasteiger partial charge in [0.1, 0.15) is 23.0 Å². The number of nitrogens with one attached hydrogen (secondary N) is 1. The number of pyridine rings is 2. The second kappa shape index (κ2) is 9.86. The highest BCUT2D eigenvalue weighted by molar-refractivity contribution is 5.96. The topological polar surface area (TPSA) is 87.7 Å². The molecule has 32 heavy (non-hydrogen) atoms. The molecule has 1 fully saturated rings. The molecule has 0 saturated carbocycles. The summed E-state index contributed by atoms with van der Waals surface area (Å²) in [5.41, 5.74) is 0.297. The Balaban J connectivity index is 1.32. The van der Waals surface area contributed by atoms with Gasteiger partial charge in [-0.25, -0.2) is 19.2 Å². The number of nitrogens with zero attached hydrogens (tertiary/aromatic N) is 4. The van der Waals surface area contributed by atoms with Gasteiger partial charge < -0.3 is 19.9 Å². The van der Waals surface area contributed by atoms with E-state index in [0.717, 1.165) is 5.82 Å². The minimum Gasteiger partial charge on any atom is -0.452 e. The number of carbonyl (C=O) groups is 2. The van der Waals surface area contributed by atoms with E-state index in [1.165, 1.54) is 24.4 Å². The van der Waals surface area contributed by atoms with Crippen LogP contribution in [0.4, 0.5) is 21.7 Å². The lowest BCUT2D eigenvalue weighted by molar-refractivity contribution is -0.134. The largest absolute Gasteiger partial charge is 0.452 e. The third kappa shape index (κ3) is 5.00. The van der Waals surface area contributed by atoms with Gasteiger partial charge in [0, 0.05) is 38.6 Å². The minimum atomic E-state index is -0.711. The molecule has 0 radical (unpaired) electrons. The van der Waals surface area contributed by atoms with Gasteiger partial charge in [0.05, 0.1) is 5.69 Å². The van der Waals surface area contributed by atoms with E-state index in [0.29, 0.717) is 26.2 Å². The number of benzene rings is 1. The Morgan fingerprint density at radius 3 is 2.44 bits per heavy atom. The Morgan fingerprint density at radius 2 is 1.69 bits per heavy atom. The molecule has 0 bridgehead atoms. The van der Waals surface area contributed by atoms with Crippen LogP contribution >= 0.6 is 0 Å². The van der Waals surface area contributed by atoms with Crippen molar-refractivity contribution in [2.24, 2.45) is 0 Å². The van der Waals surface area contributed by atoms with Crippen molar-refractivity contribution in [3.8, 4) is 0 Å². The highest BCUT2D eigenvalue weighted by Gasteiger charge is 2.23. The molecule has 1 N–H and O–H groups in total. The fraction of sp³-hybridized carbons (Fsp3) is 0.217. The molecule has 0 spiro atoms. The normalized spacial score (nSPS) is 13.5. The van der Waals surface area contributed by atoms with Gasteiger partial charge >= 0.3 is 5.97 Å². The van der Waals surface area contributed by atoms with Crippen LogP contribution in [0.1, 0.15) is 10.4 Å². The lowest BCUT2D eigenvalue weighted by Crippen LogP contribution is -2.50. The van der Waals surface area contributed by atoms with E-state index < -0.39 is 11.8 Å². The molecule has 2 aromatic heterocycles. The van der Waals surface area contributed by atoms with Gasteiger partial charge in [-0.3, -0.25) is 4.79 Å². The summed E-state index contributed by atoms with van der Waals surface area (Å²) >= 11 is 0. The van der Waals surface area contributed by atoms with Crippen LogP contribution in [-0.4, -0.2) is 59.5 Å². The van der Waals surface area contributed by atoms with Crippen LogP contribution in [0.3, 0.4) is 0 Å². The van der Waals surface area contributed by atoms with Crippen LogP contribution in [-0.2, 0) is 9.53 Å². The first-order valence-corrected chi connectivity index (χ1v) is 10.2. The van der Waals surface area contributed by atoms with Crippen molar-refractivity contribution in [2.75, 3.05) is 43.0 Å². The summed E-state index contributed by atoms with van der Waals surface area (Å²) in [5.74, 6) is -0.432. The molecule has 1 aliphatic rings. The summed E-state index contributed by atoms with van der Waals surface area (Å²) < 4.78 is 19.2. The summed E-state index contributed by atoms with van der Waals surface area (Å²) in [6.45, 7) is 1.95. The van der Waals surface area contributed by atoms with E-state index in [4.69, 9.17) is 4.74 Å². The molecular weight excluding hydrogens is 413 g/mol. The Morgan fingerprint density at radius 1 is 0.938 bits per heavy atom. The first-order valence-electron chi connectivity index (χ1n) is 10.2. The molecule has 1 amide bonds. The molecule has 3 aromatic rings. The Hall–Kier alpha value is -4.01. The number of esters is 1. The lowest BCUT2D eigenvalue weighted by Gasteiger charge is -2.35. The number of piperazine rings is 1. The second-order valence-electron chi connectivity index (χ2n) is 7.14. The van der Waals surface area contributed by atoms with E-state index >= 15 is 0 Å². The average molecular weight is 435 g/mol. The van der Waals surface area contributed by atoms with E-state index in [1.54, 1.807) is 29.3 Å². The third-order valence-corrected chi connectivity index (χ3v) is 5.09. The second-order valence-corrected chi connectivity index (χ2v) is 7.14. The van der Waals surface area contributed by atoms with E-state index in [2.05, 4.69) is 20.2 Å². The maximum absolute atomic E-state index is 13.9. The zero-order valence-corrected chi connectivity index (χ0v) is 17.3. The van der Waals surface area contributed by atoms with Gasteiger partial charge in [-0.05, 0) is 36.4 Å². The van der Waals surface area contributed by atoms with Gasteiger partial charge in [-0.2, -0.15) is 0 Å². The smallest absolute Gasteiger partial charge is 0.342 e. The van der Waals surface area contributed by atoms with Crippen molar-refractivity contribution < 1.29 is 18.7 Å². The number of rotatable bonds is 6. The van der Waals surface area contributed by atoms with Crippen molar-refractivity contribution in [1.29, 1.82) is 0 Å². The fourth-order valence-corrected chi connectivity index (χ4v) is 3.38. The number of anilines is 3. The van der Waals surface area contributed by atoms with Gasteiger partial charge in [0.2, 0.25) is 0 Å². The van der Waals surface area contributed by atoms with Crippen molar-refractivity contribution >= 4 is 29.2 Å². The monoisotopic (exact) mass is 435 g/mol. The number of carbonyl (C=O) groups excluding carboxylic acids is 2. The molecule has 4 rings (SSSR count). The van der Waals surface area contributed by atoms with Gasteiger partial charge in [0.25, 0.3) is 5.91 Å². The van der Waals surface area contributed by atoms with Gasteiger partial charge in [0.15, 0.2) is 6.61 Å². The maximum atomic E-state index is 13.9. The molecular formula is C23H22FN5O3. The first kappa shape index (κ1) is 21.2. The molecule has 0 aliphatic carbocycles. The number of aromatic nitrogens is 2. The van der Waals surface area contributed by atoms with Crippen molar-refractivity contribution in [3.05, 3.63) is 78.4 Å². The van der Waals surface area contributed by atoms with Crippen LogP contribution in [0.25, 0.3) is 0 Å². The Labute approximate surface area is 184 Å². The summed E-state index contributed by atoms with van der Waals surface area (Å²) in [6, 6.07) is 14.9. The molecule has 9 heteroatoms. The van der Waals surface area contributed by atoms with Gasteiger partial charge in [-0.15, -0.1) is 0 Å². The molecule has 0 unspecified atom stereocenters. The predicted molar refractivity (Wildman–Crippen MR) is 117 cm³/mol. The number of amides is 1. The predicted octanol–water partition coefficient (Wildman–Crippen LogP) is 2.86. The molecule has 164 valence electrons. The maximum Gasteiger partial charge on any atom is 0.342 e. The zero-order chi connectivity index (χ0) is 22.3. The van der Waals surface area contributed by atoms with Crippen molar-refractivity contribution in [3.63, 3.8) is 0 Å². The molecule has 3 heterocycles. The first-order chi connectivity index (χ1) is 15.6. The molecule has 1 saturated heterocycles. The molecule has 1 aliphatic heterocycles. The fourth-order valence-electron chi connectivity index (χ4n) is 3.38. The SMILES string of the molecule is O=C(OCC(=O)N1CCN(c2ccccn2)CC1)c1cccnc1Nc1ccccc1F. The average Bonchev–Trinajstić information content (AvgIpc) is 2.85. The van der Waals surface area contributed by atoms with E-state index in [-0.39, 0.29) is 29.6 Å². The summed E-state index contributed by atoms with van der Waals surface area (Å²) in [5, 5.41) is 2.80. The van der Waals surface area contributed by atoms with Crippen molar-refractivity contribution in [2.45, 2.75) is 0 Å². The summed E-state index contributed by atoms with van der Waals surface area (Å²) in [4.78, 5) is 37.3. The van der Waals surface area contributed by atoms with Crippen LogP contribution in [0.2, 0.25) is 0 Å². The lowest BCUT2D eigenvalue weighted by atomic mass is 10.2. The van der Waals surface area contributed by atoms with Crippen LogP contribution in [0, 0.1) is 5.82 Å². The van der Waals surface area contributed by atoms with E-state index in [1.807, 2.05) is 18.2 Å². The highest BCUT2D eigenvalue weighted by atomic mass is 19.1.